The summed E-state index contributed by atoms with van der Waals surface area (Å²) in [4.78, 5) is 22.5. The molecule has 2 aromatic carbocycles. The van der Waals surface area contributed by atoms with E-state index in [9.17, 15) is 14.9 Å². The summed E-state index contributed by atoms with van der Waals surface area (Å²) in [7, 11) is 0. The number of non-ortho nitro benzene ring substituents is 1. The number of carbonyl (C=O) groups is 1. The van der Waals surface area contributed by atoms with Crippen molar-refractivity contribution in [2.45, 2.75) is 0 Å². The highest BCUT2D eigenvalue weighted by Crippen LogP contribution is 2.26. The molecular formula is C19H12BrN3O5. The van der Waals surface area contributed by atoms with Gasteiger partial charge in [-0.1, -0.05) is 5.92 Å². The Kier molecular flexibility index (Phi) is 5.72. The van der Waals surface area contributed by atoms with Gasteiger partial charge in [-0.05, 0) is 51.8 Å². The summed E-state index contributed by atoms with van der Waals surface area (Å²) in [5.41, 5.74) is 3.33. The largest absolute Gasteiger partial charge is 0.480 e. The molecule has 0 bridgehead atoms. The smallest absolute Gasteiger partial charge is 0.307 e. The molecule has 0 fully saturated rings. The number of hydrogen-bond donors (Lipinski definition) is 1. The van der Waals surface area contributed by atoms with E-state index in [0.29, 0.717) is 26.8 Å². The first-order valence-electron chi connectivity index (χ1n) is 7.85. The summed E-state index contributed by atoms with van der Waals surface area (Å²) >= 11 is 3.36. The van der Waals surface area contributed by atoms with Gasteiger partial charge in [0.1, 0.15) is 17.9 Å². The molecule has 140 valence electrons. The van der Waals surface area contributed by atoms with Crippen LogP contribution in [0.25, 0.3) is 11.0 Å². The first-order chi connectivity index (χ1) is 13.5. The SMILES string of the molecule is C#CCOc1ccc(/C=N\NC(=O)c2cc3cc([N+](=O)[O-])ccc3o2)cc1Br. The number of amides is 1. The maximum Gasteiger partial charge on any atom is 0.307 e. The van der Waals surface area contributed by atoms with E-state index in [0.717, 1.165) is 0 Å². The number of rotatable bonds is 6. The standard InChI is InChI=1S/C19H12BrN3O5/c1-2-7-27-17-5-3-12(8-15(17)20)11-21-22-19(24)18-10-13-9-14(23(25)26)4-6-16(13)28-18/h1,3-6,8-11H,7H2,(H,22,24)/b21-11-. The number of terminal acetylenes is 1. The number of furan rings is 1. The van der Waals surface area contributed by atoms with Gasteiger partial charge in [-0.25, -0.2) is 5.43 Å². The number of fused-ring (bicyclic) bond motifs is 1. The van der Waals surface area contributed by atoms with E-state index in [2.05, 4.69) is 32.4 Å². The molecule has 0 radical (unpaired) electrons. The zero-order chi connectivity index (χ0) is 20.1. The summed E-state index contributed by atoms with van der Waals surface area (Å²) in [5.74, 6) is 2.38. The maximum atomic E-state index is 12.2. The molecule has 1 N–H and O–H groups in total. The van der Waals surface area contributed by atoms with Gasteiger partial charge in [0.15, 0.2) is 5.76 Å². The van der Waals surface area contributed by atoms with Crippen molar-refractivity contribution < 1.29 is 18.9 Å². The van der Waals surface area contributed by atoms with Crippen molar-refractivity contribution in [1.82, 2.24) is 5.43 Å². The minimum Gasteiger partial charge on any atom is -0.480 e. The van der Waals surface area contributed by atoms with Crippen molar-refractivity contribution in [3.05, 3.63) is 68.4 Å². The second-order valence-electron chi connectivity index (χ2n) is 5.47. The van der Waals surface area contributed by atoms with Crippen LogP contribution in [-0.2, 0) is 0 Å². The van der Waals surface area contributed by atoms with Crippen LogP contribution in [0.3, 0.4) is 0 Å². The number of nitro groups is 1. The average molecular weight is 442 g/mol. The van der Waals surface area contributed by atoms with E-state index in [-0.39, 0.29) is 18.1 Å². The second kappa shape index (κ2) is 8.37. The third-order valence-electron chi connectivity index (χ3n) is 3.58. The number of hydrazone groups is 1. The minimum atomic E-state index is -0.580. The zero-order valence-corrected chi connectivity index (χ0v) is 15.8. The maximum absolute atomic E-state index is 12.2. The fourth-order valence-electron chi connectivity index (χ4n) is 2.31. The van der Waals surface area contributed by atoms with Gasteiger partial charge in [-0.3, -0.25) is 14.9 Å². The predicted octanol–water partition coefficient (Wildman–Crippen LogP) is 3.88. The van der Waals surface area contributed by atoms with Gasteiger partial charge in [0, 0.05) is 17.5 Å². The summed E-state index contributed by atoms with van der Waals surface area (Å²) in [6, 6.07) is 10.7. The third-order valence-corrected chi connectivity index (χ3v) is 4.20. The molecule has 0 aliphatic rings. The van der Waals surface area contributed by atoms with E-state index >= 15 is 0 Å². The summed E-state index contributed by atoms with van der Waals surface area (Å²) < 4.78 is 11.4. The van der Waals surface area contributed by atoms with Crippen LogP contribution in [0.2, 0.25) is 0 Å². The van der Waals surface area contributed by atoms with Crippen LogP contribution in [0.15, 0.2) is 56.5 Å². The Morgan fingerprint density at radius 1 is 1.36 bits per heavy atom. The summed E-state index contributed by atoms with van der Waals surface area (Å²) in [6.07, 6.45) is 6.60. The number of nitrogens with one attached hydrogen (secondary N) is 1. The monoisotopic (exact) mass is 441 g/mol. The lowest BCUT2D eigenvalue weighted by Crippen LogP contribution is -2.16. The molecule has 0 saturated carbocycles. The van der Waals surface area contributed by atoms with E-state index in [1.54, 1.807) is 18.2 Å². The number of benzene rings is 2. The molecular weight excluding hydrogens is 430 g/mol. The van der Waals surface area contributed by atoms with Crippen LogP contribution in [0.1, 0.15) is 16.1 Å². The van der Waals surface area contributed by atoms with Gasteiger partial charge < -0.3 is 9.15 Å². The molecule has 8 nitrogen and oxygen atoms in total. The molecule has 9 heteroatoms. The van der Waals surface area contributed by atoms with Crippen LogP contribution in [0.5, 0.6) is 5.75 Å². The molecule has 0 saturated heterocycles. The van der Waals surface area contributed by atoms with Gasteiger partial charge in [0.25, 0.3) is 5.69 Å². The fourth-order valence-corrected chi connectivity index (χ4v) is 2.82. The fraction of sp³-hybridized carbons (Fsp3) is 0.0526. The van der Waals surface area contributed by atoms with Crippen LogP contribution in [0, 0.1) is 22.5 Å². The van der Waals surface area contributed by atoms with Gasteiger partial charge in [0.2, 0.25) is 0 Å². The van der Waals surface area contributed by atoms with Crippen molar-refractivity contribution in [1.29, 1.82) is 0 Å². The van der Waals surface area contributed by atoms with E-state index in [1.165, 1.54) is 30.5 Å². The molecule has 0 atom stereocenters. The van der Waals surface area contributed by atoms with Crippen molar-refractivity contribution in [3.8, 4) is 18.1 Å². The number of nitro benzene ring substituents is 1. The predicted molar refractivity (Wildman–Crippen MR) is 106 cm³/mol. The van der Waals surface area contributed by atoms with Crippen molar-refractivity contribution >= 4 is 44.7 Å². The summed E-state index contributed by atoms with van der Waals surface area (Å²) in [6.45, 7) is 0.156. The Bertz CT molecular complexity index is 1130. The molecule has 28 heavy (non-hydrogen) atoms. The van der Waals surface area contributed by atoms with Crippen LogP contribution >= 0.6 is 15.9 Å². The van der Waals surface area contributed by atoms with Gasteiger partial charge in [-0.15, -0.1) is 6.42 Å². The van der Waals surface area contributed by atoms with Crippen LogP contribution in [0.4, 0.5) is 5.69 Å². The first-order valence-corrected chi connectivity index (χ1v) is 8.64. The third kappa shape index (κ3) is 4.36. The second-order valence-corrected chi connectivity index (χ2v) is 6.33. The molecule has 0 aliphatic heterocycles. The van der Waals surface area contributed by atoms with E-state index in [4.69, 9.17) is 15.6 Å². The lowest BCUT2D eigenvalue weighted by molar-refractivity contribution is -0.384. The Balaban J connectivity index is 1.68. The summed E-state index contributed by atoms with van der Waals surface area (Å²) in [5, 5.41) is 15.1. The molecule has 3 rings (SSSR count). The Labute approximate surface area is 167 Å². The van der Waals surface area contributed by atoms with Crippen molar-refractivity contribution in [2.75, 3.05) is 6.61 Å². The molecule has 0 unspecified atom stereocenters. The van der Waals surface area contributed by atoms with Crippen LogP contribution in [-0.4, -0.2) is 23.7 Å². The number of hydrogen-bond acceptors (Lipinski definition) is 6. The molecule has 1 aromatic heterocycles. The highest BCUT2D eigenvalue weighted by atomic mass is 79.9. The first kappa shape index (κ1) is 19.1. The lowest BCUT2D eigenvalue weighted by atomic mass is 10.2. The molecule has 1 heterocycles. The van der Waals surface area contributed by atoms with Crippen molar-refractivity contribution in [3.63, 3.8) is 0 Å². The average Bonchev–Trinajstić information content (AvgIpc) is 3.10. The molecule has 3 aromatic rings. The number of ether oxygens (including phenoxy) is 1. The minimum absolute atomic E-state index is 0.00754. The van der Waals surface area contributed by atoms with Crippen molar-refractivity contribution in [2.24, 2.45) is 5.10 Å². The Morgan fingerprint density at radius 3 is 2.89 bits per heavy atom. The van der Waals surface area contributed by atoms with E-state index in [1.807, 2.05) is 0 Å². The Hall–Kier alpha value is -3.64. The highest BCUT2D eigenvalue weighted by Gasteiger charge is 2.14. The number of nitrogens with zero attached hydrogens (tertiary/aromatic N) is 2. The van der Waals surface area contributed by atoms with Gasteiger partial charge in [0.05, 0.1) is 15.6 Å². The molecule has 0 spiro atoms. The quantitative estimate of drug-likeness (QED) is 0.270. The van der Waals surface area contributed by atoms with Gasteiger partial charge >= 0.3 is 5.91 Å². The lowest BCUT2D eigenvalue weighted by Gasteiger charge is -2.05. The molecule has 1 amide bonds. The highest BCUT2D eigenvalue weighted by molar-refractivity contribution is 9.10. The molecule has 0 aliphatic carbocycles. The van der Waals surface area contributed by atoms with Crippen LogP contribution < -0.4 is 10.2 Å². The zero-order valence-electron chi connectivity index (χ0n) is 14.2. The van der Waals surface area contributed by atoms with Gasteiger partial charge in [-0.2, -0.15) is 5.10 Å². The Morgan fingerprint density at radius 2 is 2.18 bits per heavy atom. The van der Waals surface area contributed by atoms with E-state index < -0.39 is 10.8 Å². The number of halogens is 1. The number of carbonyl (C=O) groups excluding carboxylic acids is 1. The topological polar surface area (TPSA) is 107 Å². The normalized spacial score (nSPS) is 10.7.